The van der Waals surface area contributed by atoms with Crippen LogP contribution in [0.4, 0.5) is 18.9 Å². The SMILES string of the molecule is O=C1[C@@H]2[C@@H](N=NN2CC(=O)N2N=C3/C(=C/c4ccc(F)cc4)CCC[C@@H]3[C@@H]2c2ccc(F)cc2)C(=O)N1c1cccc(F)c1. The predicted molar refractivity (Wildman–Crippen MR) is 153 cm³/mol. The smallest absolute Gasteiger partial charge is 0.264 e. The van der Waals surface area contributed by atoms with E-state index in [2.05, 4.69) is 10.3 Å². The largest absolute Gasteiger partial charge is 0.271 e. The molecule has 2 fully saturated rings. The maximum absolute atomic E-state index is 14.0. The molecule has 222 valence electrons. The minimum atomic E-state index is -1.16. The van der Waals surface area contributed by atoms with E-state index in [0.29, 0.717) is 17.7 Å². The fourth-order valence-corrected chi connectivity index (χ4v) is 6.40. The van der Waals surface area contributed by atoms with Crippen molar-refractivity contribution >= 4 is 35.2 Å². The summed E-state index contributed by atoms with van der Waals surface area (Å²) in [6, 6.07) is 14.2. The van der Waals surface area contributed by atoms with Crippen LogP contribution in [0.2, 0.25) is 0 Å². The van der Waals surface area contributed by atoms with Crippen LogP contribution < -0.4 is 4.90 Å². The molecule has 0 aromatic heterocycles. The number of hydrogen-bond acceptors (Lipinski definition) is 7. The Balaban J connectivity index is 1.19. The standard InChI is InChI=1S/C32H25F3N6O3/c33-21-11-7-18(8-12-21)15-20-3-1-6-25-27(20)37-41(29(25)19-9-13-22(34)14-10-19)26(42)17-39-30-28(36-38-39)31(43)40(32(30)44)24-5-2-4-23(35)16-24/h2,4-5,7-16,25,28-30H,1,3,6,17H2/b20-15+/t25-,28+,29-,30-/m0/s1. The second kappa shape index (κ2) is 10.9. The van der Waals surface area contributed by atoms with Crippen molar-refractivity contribution in [3.8, 4) is 0 Å². The van der Waals surface area contributed by atoms with Gasteiger partial charge in [-0.15, -0.1) is 0 Å². The number of nitrogens with zero attached hydrogens (tertiary/aromatic N) is 6. The molecule has 3 aromatic rings. The van der Waals surface area contributed by atoms with E-state index < -0.39 is 54.0 Å². The monoisotopic (exact) mass is 598 g/mol. The molecule has 1 saturated carbocycles. The van der Waals surface area contributed by atoms with Crippen molar-refractivity contribution in [2.45, 2.75) is 37.4 Å². The van der Waals surface area contributed by atoms with Crippen molar-refractivity contribution < 1.29 is 27.6 Å². The van der Waals surface area contributed by atoms with Crippen LogP contribution in [0.5, 0.6) is 0 Å². The summed E-state index contributed by atoms with van der Waals surface area (Å²) in [7, 11) is 0. The fraction of sp³-hybridized carbons (Fsp3) is 0.250. The van der Waals surface area contributed by atoms with Crippen molar-refractivity contribution in [2.75, 3.05) is 11.4 Å². The zero-order valence-electron chi connectivity index (χ0n) is 23.2. The van der Waals surface area contributed by atoms with E-state index >= 15 is 0 Å². The number of anilines is 1. The fourth-order valence-electron chi connectivity index (χ4n) is 6.40. The van der Waals surface area contributed by atoms with Gasteiger partial charge < -0.3 is 0 Å². The third-order valence-corrected chi connectivity index (χ3v) is 8.40. The zero-order chi connectivity index (χ0) is 30.5. The molecule has 3 aromatic carbocycles. The number of imide groups is 1. The molecule has 0 spiro atoms. The van der Waals surface area contributed by atoms with Crippen LogP contribution in [-0.2, 0) is 14.4 Å². The molecule has 12 heteroatoms. The van der Waals surface area contributed by atoms with Gasteiger partial charge in [-0.25, -0.2) is 23.1 Å². The third-order valence-electron chi connectivity index (χ3n) is 8.40. The lowest BCUT2D eigenvalue weighted by Crippen LogP contribution is -2.45. The molecule has 9 nitrogen and oxygen atoms in total. The molecule has 44 heavy (non-hydrogen) atoms. The summed E-state index contributed by atoms with van der Waals surface area (Å²) in [5.74, 6) is -3.36. The summed E-state index contributed by atoms with van der Waals surface area (Å²) < 4.78 is 41.3. The van der Waals surface area contributed by atoms with Gasteiger partial charge in [0.15, 0.2) is 12.1 Å². The Kier molecular flexibility index (Phi) is 6.83. The van der Waals surface area contributed by atoms with Gasteiger partial charge in [-0.05, 0) is 84.5 Å². The van der Waals surface area contributed by atoms with E-state index in [4.69, 9.17) is 5.10 Å². The number of allylic oxidation sites excluding steroid dienone is 1. The van der Waals surface area contributed by atoms with Crippen LogP contribution in [0.1, 0.15) is 36.4 Å². The Labute approximate surface area is 249 Å². The average molecular weight is 599 g/mol. The molecule has 3 heterocycles. The van der Waals surface area contributed by atoms with E-state index in [1.165, 1.54) is 52.5 Å². The number of amides is 3. The van der Waals surface area contributed by atoms with Crippen molar-refractivity contribution in [1.82, 2.24) is 10.0 Å². The first kappa shape index (κ1) is 27.7. The predicted octanol–water partition coefficient (Wildman–Crippen LogP) is 5.22. The van der Waals surface area contributed by atoms with Gasteiger partial charge in [-0.2, -0.15) is 10.2 Å². The van der Waals surface area contributed by atoms with Gasteiger partial charge in [0.2, 0.25) is 0 Å². The van der Waals surface area contributed by atoms with Gasteiger partial charge >= 0.3 is 0 Å². The highest BCUT2D eigenvalue weighted by Crippen LogP contribution is 2.45. The molecular weight excluding hydrogens is 573 g/mol. The van der Waals surface area contributed by atoms with Crippen LogP contribution >= 0.6 is 0 Å². The Morgan fingerprint density at radius 2 is 1.61 bits per heavy atom. The van der Waals surface area contributed by atoms with Crippen LogP contribution in [-0.4, -0.2) is 52.1 Å². The van der Waals surface area contributed by atoms with Gasteiger partial charge in [-0.3, -0.25) is 19.4 Å². The molecular formula is C32H25F3N6O3. The second-order valence-electron chi connectivity index (χ2n) is 11.1. The van der Waals surface area contributed by atoms with E-state index in [-0.39, 0.29) is 17.4 Å². The highest BCUT2D eigenvalue weighted by Gasteiger charge is 2.55. The lowest BCUT2D eigenvalue weighted by Gasteiger charge is -2.30. The Morgan fingerprint density at radius 1 is 0.886 bits per heavy atom. The number of hydrazone groups is 1. The molecule has 3 aliphatic heterocycles. The van der Waals surface area contributed by atoms with E-state index in [9.17, 15) is 27.6 Å². The van der Waals surface area contributed by atoms with Crippen molar-refractivity contribution in [3.63, 3.8) is 0 Å². The number of rotatable bonds is 5. The molecule has 1 saturated heterocycles. The lowest BCUT2D eigenvalue weighted by atomic mass is 9.77. The second-order valence-corrected chi connectivity index (χ2v) is 11.1. The number of hydrogen-bond donors (Lipinski definition) is 0. The maximum atomic E-state index is 14.0. The van der Waals surface area contributed by atoms with E-state index in [1.54, 1.807) is 24.3 Å². The number of halogens is 3. The maximum Gasteiger partial charge on any atom is 0.264 e. The zero-order valence-corrected chi connectivity index (χ0v) is 23.2. The van der Waals surface area contributed by atoms with Gasteiger partial charge in [0.05, 0.1) is 17.4 Å². The molecule has 0 N–H and O–H groups in total. The number of carbonyl (C=O) groups excluding carboxylic acids is 3. The van der Waals surface area contributed by atoms with Crippen LogP contribution in [0.3, 0.4) is 0 Å². The summed E-state index contributed by atoms with van der Waals surface area (Å²) in [5.41, 5.74) is 3.19. The van der Waals surface area contributed by atoms with Crippen molar-refractivity contribution in [2.24, 2.45) is 21.4 Å². The molecule has 7 rings (SSSR count). The molecule has 0 bridgehead atoms. The first-order chi connectivity index (χ1) is 21.3. The van der Waals surface area contributed by atoms with Gasteiger partial charge in [-0.1, -0.05) is 35.6 Å². The van der Waals surface area contributed by atoms with Gasteiger partial charge in [0.25, 0.3) is 17.7 Å². The average Bonchev–Trinajstić information content (AvgIpc) is 3.68. The highest BCUT2D eigenvalue weighted by atomic mass is 19.1. The Morgan fingerprint density at radius 3 is 2.34 bits per heavy atom. The quantitative estimate of drug-likeness (QED) is 0.376. The lowest BCUT2D eigenvalue weighted by molar-refractivity contribution is -0.136. The minimum absolute atomic E-state index is 0.0720. The summed E-state index contributed by atoms with van der Waals surface area (Å²) in [5, 5.41) is 15.3. The van der Waals surface area contributed by atoms with Crippen LogP contribution in [0.15, 0.2) is 93.8 Å². The van der Waals surface area contributed by atoms with Crippen LogP contribution in [0.25, 0.3) is 6.08 Å². The normalized spacial score (nSPS) is 25.1. The number of carbonyl (C=O) groups is 3. The van der Waals surface area contributed by atoms with Crippen molar-refractivity contribution in [1.29, 1.82) is 0 Å². The molecule has 4 atom stereocenters. The topological polar surface area (TPSA) is 98.0 Å². The van der Waals surface area contributed by atoms with Crippen molar-refractivity contribution in [3.05, 3.63) is 107 Å². The first-order valence-electron chi connectivity index (χ1n) is 14.2. The van der Waals surface area contributed by atoms with E-state index in [0.717, 1.165) is 34.9 Å². The first-order valence-corrected chi connectivity index (χ1v) is 14.2. The molecule has 0 radical (unpaired) electrons. The Hall–Kier alpha value is -5.13. The molecule has 3 amide bonds. The minimum Gasteiger partial charge on any atom is -0.271 e. The number of benzene rings is 3. The molecule has 0 unspecified atom stereocenters. The summed E-state index contributed by atoms with van der Waals surface area (Å²) in [6.45, 7) is -0.404. The third kappa shape index (κ3) is 4.76. The van der Waals surface area contributed by atoms with Gasteiger partial charge in [0, 0.05) is 5.92 Å². The summed E-state index contributed by atoms with van der Waals surface area (Å²) in [4.78, 5) is 41.3. The van der Waals surface area contributed by atoms with Crippen LogP contribution in [0, 0.1) is 23.4 Å². The molecule has 1 aliphatic carbocycles. The number of fused-ring (bicyclic) bond motifs is 2. The summed E-state index contributed by atoms with van der Waals surface area (Å²) >= 11 is 0. The molecule has 4 aliphatic rings. The Bertz CT molecular complexity index is 1760. The highest BCUT2D eigenvalue weighted by molar-refractivity contribution is 6.25. The van der Waals surface area contributed by atoms with Gasteiger partial charge in [0.1, 0.15) is 24.0 Å². The summed E-state index contributed by atoms with van der Waals surface area (Å²) in [6.07, 6.45) is 4.20. The van der Waals surface area contributed by atoms with E-state index in [1.807, 2.05) is 6.08 Å².